The van der Waals surface area contributed by atoms with Crippen molar-refractivity contribution in [3.8, 4) is 5.88 Å². The Morgan fingerprint density at radius 2 is 2.15 bits per heavy atom. The molecule has 104 valence electrons. The van der Waals surface area contributed by atoms with E-state index >= 15 is 0 Å². The van der Waals surface area contributed by atoms with E-state index in [-0.39, 0.29) is 11.6 Å². The van der Waals surface area contributed by atoms with Gasteiger partial charge in [-0.15, -0.1) is 11.3 Å². The Balaban J connectivity index is 2.12. The molecule has 0 bridgehead atoms. The quantitative estimate of drug-likeness (QED) is 0.895. The molecule has 2 aromatic heterocycles. The molecule has 2 N–H and O–H groups in total. The molecule has 0 unspecified atom stereocenters. The number of hydrogen-bond donors (Lipinski definition) is 2. The number of rotatable bonds is 4. The summed E-state index contributed by atoms with van der Waals surface area (Å²) in [7, 11) is 1.47. The minimum atomic E-state index is -0.399. The van der Waals surface area contributed by atoms with E-state index in [4.69, 9.17) is 4.74 Å². The molecule has 8 heteroatoms. The van der Waals surface area contributed by atoms with Crippen molar-refractivity contribution in [1.82, 2.24) is 9.97 Å². The van der Waals surface area contributed by atoms with Crippen molar-refractivity contribution < 1.29 is 14.3 Å². The normalized spacial score (nSPS) is 9.90. The van der Waals surface area contributed by atoms with Crippen LogP contribution in [0.15, 0.2) is 23.7 Å². The summed E-state index contributed by atoms with van der Waals surface area (Å²) in [6, 6.07) is 3.35. The molecule has 0 spiro atoms. The number of nitrogens with one attached hydrogen (secondary N) is 2. The predicted octanol–water partition coefficient (Wildman–Crippen LogP) is 1.76. The Kier molecular flexibility index (Phi) is 4.26. The van der Waals surface area contributed by atoms with Crippen LogP contribution in [0.1, 0.15) is 17.4 Å². The maximum absolute atomic E-state index is 12.0. The molecule has 2 heterocycles. The fraction of sp³-hybridized carbons (Fsp3) is 0.167. The summed E-state index contributed by atoms with van der Waals surface area (Å²) < 4.78 is 5.04. The number of aromatic nitrogens is 2. The zero-order valence-electron chi connectivity index (χ0n) is 10.8. The highest BCUT2D eigenvalue weighted by Crippen LogP contribution is 2.22. The first-order valence-corrected chi connectivity index (χ1v) is 6.51. The average molecular weight is 292 g/mol. The molecule has 0 aliphatic rings. The second-order valence-corrected chi connectivity index (χ2v) is 4.59. The fourth-order valence-corrected chi connectivity index (χ4v) is 2.16. The minimum absolute atomic E-state index is 0.213. The molecule has 2 amide bonds. The summed E-state index contributed by atoms with van der Waals surface area (Å²) in [5.41, 5.74) is 0.665. The monoisotopic (exact) mass is 292 g/mol. The number of ether oxygens (including phenoxy) is 1. The maximum atomic E-state index is 12.0. The number of hydrogen-bond acceptors (Lipinski definition) is 6. The van der Waals surface area contributed by atoms with Gasteiger partial charge >= 0.3 is 0 Å². The molecular formula is C12H12N4O3S. The standard InChI is InChI=1S/C12H12N4O3S/c1-7(17)14-12-16-9(6-20-12)10(18)15-8-4-3-5-13-11(8)19-2/h3-6H,1-2H3,(H,15,18)(H,14,16,17). The van der Waals surface area contributed by atoms with Gasteiger partial charge in [0.1, 0.15) is 11.4 Å². The number of thiazole rings is 1. The topological polar surface area (TPSA) is 93.2 Å². The third-order valence-electron chi connectivity index (χ3n) is 2.23. The van der Waals surface area contributed by atoms with Crippen LogP contribution in [0.2, 0.25) is 0 Å². The Morgan fingerprint density at radius 1 is 1.35 bits per heavy atom. The Morgan fingerprint density at radius 3 is 2.85 bits per heavy atom. The van der Waals surface area contributed by atoms with Crippen LogP contribution in [-0.4, -0.2) is 28.9 Å². The minimum Gasteiger partial charge on any atom is -0.480 e. The first kappa shape index (κ1) is 13.9. The number of nitrogens with zero attached hydrogens (tertiary/aromatic N) is 2. The molecule has 0 aromatic carbocycles. The van der Waals surface area contributed by atoms with Crippen LogP contribution in [0.25, 0.3) is 0 Å². The summed E-state index contributed by atoms with van der Waals surface area (Å²) in [6.07, 6.45) is 1.56. The summed E-state index contributed by atoms with van der Waals surface area (Å²) in [6.45, 7) is 1.38. The molecule has 2 aromatic rings. The van der Waals surface area contributed by atoms with E-state index in [1.807, 2.05) is 0 Å². The molecule has 7 nitrogen and oxygen atoms in total. The van der Waals surface area contributed by atoms with Crippen molar-refractivity contribution in [3.63, 3.8) is 0 Å². The van der Waals surface area contributed by atoms with Crippen LogP contribution < -0.4 is 15.4 Å². The van der Waals surface area contributed by atoms with Gasteiger partial charge in [0, 0.05) is 18.5 Å². The second kappa shape index (κ2) is 6.11. The van der Waals surface area contributed by atoms with Gasteiger partial charge in [-0.25, -0.2) is 9.97 Å². The SMILES string of the molecule is COc1ncccc1NC(=O)c1csc(NC(C)=O)n1. The van der Waals surface area contributed by atoms with Crippen LogP contribution >= 0.6 is 11.3 Å². The van der Waals surface area contributed by atoms with Crippen molar-refractivity contribution >= 4 is 34.0 Å². The largest absolute Gasteiger partial charge is 0.480 e. The molecule has 0 atom stereocenters. The fourth-order valence-electron chi connectivity index (χ4n) is 1.42. The lowest BCUT2D eigenvalue weighted by molar-refractivity contribution is -0.114. The first-order valence-electron chi connectivity index (χ1n) is 5.63. The zero-order chi connectivity index (χ0) is 14.5. The second-order valence-electron chi connectivity index (χ2n) is 3.73. The van der Waals surface area contributed by atoms with Crippen molar-refractivity contribution in [2.24, 2.45) is 0 Å². The number of carbonyl (C=O) groups excluding carboxylic acids is 2. The van der Waals surface area contributed by atoms with Crippen molar-refractivity contribution in [2.75, 3.05) is 17.7 Å². The van der Waals surface area contributed by atoms with Crippen molar-refractivity contribution in [3.05, 3.63) is 29.4 Å². The summed E-state index contributed by atoms with van der Waals surface area (Å²) >= 11 is 1.18. The third kappa shape index (κ3) is 3.29. The molecular weight excluding hydrogens is 280 g/mol. The Labute approximate surface area is 119 Å². The van der Waals surface area contributed by atoms with Gasteiger partial charge < -0.3 is 15.4 Å². The number of methoxy groups -OCH3 is 1. The summed E-state index contributed by atoms with van der Waals surface area (Å²) in [5, 5.41) is 7.10. The lowest BCUT2D eigenvalue weighted by atomic mass is 10.3. The van der Waals surface area contributed by atoms with E-state index < -0.39 is 5.91 Å². The lowest BCUT2D eigenvalue weighted by Crippen LogP contribution is -2.14. The number of carbonyl (C=O) groups is 2. The maximum Gasteiger partial charge on any atom is 0.275 e. The molecule has 0 fully saturated rings. The summed E-state index contributed by atoms with van der Waals surface area (Å²) in [4.78, 5) is 30.9. The van der Waals surface area contributed by atoms with E-state index in [0.717, 1.165) is 0 Å². The molecule has 2 rings (SSSR count). The molecule has 0 aliphatic heterocycles. The van der Waals surface area contributed by atoms with Gasteiger partial charge in [-0.1, -0.05) is 0 Å². The van der Waals surface area contributed by atoms with Crippen molar-refractivity contribution in [2.45, 2.75) is 6.92 Å². The van der Waals surface area contributed by atoms with E-state index in [1.165, 1.54) is 25.4 Å². The van der Waals surface area contributed by atoms with Gasteiger partial charge in [0.15, 0.2) is 5.13 Å². The van der Waals surface area contributed by atoms with E-state index in [1.54, 1.807) is 23.7 Å². The van der Waals surface area contributed by atoms with E-state index in [0.29, 0.717) is 16.7 Å². The van der Waals surface area contributed by atoms with Crippen LogP contribution in [0.3, 0.4) is 0 Å². The van der Waals surface area contributed by atoms with Gasteiger partial charge in [0.05, 0.1) is 7.11 Å². The average Bonchev–Trinajstić information content (AvgIpc) is 2.87. The molecule has 20 heavy (non-hydrogen) atoms. The van der Waals surface area contributed by atoms with Gasteiger partial charge in [0.2, 0.25) is 11.8 Å². The van der Waals surface area contributed by atoms with Gasteiger partial charge in [-0.2, -0.15) is 0 Å². The highest BCUT2D eigenvalue weighted by atomic mass is 32.1. The number of anilines is 2. The van der Waals surface area contributed by atoms with Gasteiger partial charge in [-0.3, -0.25) is 9.59 Å². The van der Waals surface area contributed by atoms with E-state index in [2.05, 4.69) is 20.6 Å². The first-order chi connectivity index (χ1) is 9.60. The lowest BCUT2D eigenvalue weighted by Gasteiger charge is -2.07. The molecule has 0 aliphatic carbocycles. The van der Waals surface area contributed by atoms with Crippen LogP contribution in [0.5, 0.6) is 5.88 Å². The Hall–Kier alpha value is -2.48. The van der Waals surface area contributed by atoms with Crippen LogP contribution in [0.4, 0.5) is 10.8 Å². The van der Waals surface area contributed by atoms with Gasteiger partial charge in [-0.05, 0) is 12.1 Å². The molecule has 0 saturated heterocycles. The van der Waals surface area contributed by atoms with Gasteiger partial charge in [0.25, 0.3) is 5.91 Å². The third-order valence-corrected chi connectivity index (χ3v) is 2.99. The van der Waals surface area contributed by atoms with Crippen LogP contribution in [-0.2, 0) is 4.79 Å². The summed E-state index contributed by atoms with van der Waals surface area (Å²) in [5.74, 6) is -0.317. The smallest absolute Gasteiger partial charge is 0.275 e. The number of amides is 2. The van der Waals surface area contributed by atoms with E-state index in [9.17, 15) is 9.59 Å². The van der Waals surface area contributed by atoms with Crippen molar-refractivity contribution in [1.29, 1.82) is 0 Å². The zero-order valence-corrected chi connectivity index (χ0v) is 11.7. The number of pyridine rings is 1. The predicted molar refractivity (Wildman–Crippen MR) is 75.2 cm³/mol. The Bertz CT molecular complexity index is 641. The molecule has 0 radical (unpaired) electrons. The van der Waals surface area contributed by atoms with Crippen LogP contribution in [0, 0.1) is 0 Å². The highest BCUT2D eigenvalue weighted by molar-refractivity contribution is 7.14. The molecule has 0 saturated carbocycles. The highest BCUT2D eigenvalue weighted by Gasteiger charge is 2.14.